The van der Waals surface area contributed by atoms with Gasteiger partial charge in [-0.05, 0) is 24.6 Å². The number of benzene rings is 2. The fraction of sp³-hybridized carbons (Fsp3) is 0.158. The second-order valence-electron chi connectivity index (χ2n) is 5.34. The van der Waals surface area contributed by atoms with Crippen molar-refractivity contribution in [3.63, 3.8) is 0 Å². The fourth-order valence-corrected chi connectivity index (χ4v) is 2.25. The summed E-state index contributed by atoms with van der Waals surface area (Å²) in [5.74, 6) is -0.182. The summed E-state index contributed by atoms with van der Waals surface area (Å²) in [5, 5.41) is 3.83. The number of carbonyl (C=O) groups excluding carboxylic acids is 1. The maximum atomic E-state index is 12.2. The van der Waals surface area contributed by atoms with E-state index >= 15 is 0 Å². The number of nitrogens with one attached hydrogen (secondary N) is 1. The van der Waals surface area contributed by atoms with Crippen LogP contribution in [0.3, 0.4) is 0 Å². The number of hydrogen-bond acceptors (Lipinski definition) is 3. The number of para-hydroxylation sites is 1. The molecule has 0 spiro atoms. The summed E-state index contributed by atoms with van der Waals surface area (Å²) < 4.78 is 5.62. The molecular formula is C19H18N2O2. The second-order valence-corrected chi connectivity index (χ2v) is 5.34. The predicted molar refractivity (Wildman–Crippen MR) is 91.1 cm³/mol. The van der Waals surface area contributed by atoms with Gasteiger partial charge in [-0.1, -0.05) is 48.5 Å². The molecule has 0 aliphatic carbocycles. The minimum absolute atomic E-state index is 0.182. The predicted octanol–water partition coefficient (Wildman–Crippen LogP) is 3.78. The van der Waals surface area contributed by atoms with Gasteiger partial charge in [-0.2, -0.15) is 0 Å². The molecule has 1 amide bonds. The molecule has 0 saturated carbocycles. The van der Waals surface area contributed by atoms with E-state index < -0.39 is 6.10 Å². The van der Waals surface area contributed by atoms with E-state index in [4.69, 9.17) is 4.74 Å². The molecular weight excluding hydrogens is 288 g/mol. The molecule has 2 aromatic carbocycles. The third kappa shape index (κ3) is 3.93. The third-order valence-corrected chi connectivity index (χ3v) is 3.57. The molecule has 1 heterocycles. The van der Waals surface area contributed by atoms with E-state index in [1.165, 1.54) is 0 Å². The number of hydrogen-bond donors (Lipinski definition) is 1. The molecule has 0 saturated heterocycles. The van der Waals surface area contributed by atoms with Gasteiger partial charge in [-0.25, -0.2) is 0 Å². The first-order chi connectivity index (χ1) is 11.2. The van der Waals surface area contributed by atoms with Crippen molar-refractivity contribution in [3.8, 4) is 0 Å². The molecule has 0 radical (unpaired) electrons. The lowest BCUT2D eigenvalue weighted by Gasteiger charge is -2.13. The summed E-state index contributed by atoms with van der Waals surface area (Å²) in [7, 11) is 0. The SMILES string of the molecule is C[C@H](OCc1ccccc1)C(=O)Nc1cnc2ccccc2c1. The van der Waals surface area contributed by atoms with Crippen molar-refractivity contribution in [3.05, 3.63) is 72.4 Å². The van der Waals surface area contributed by atoms with Crippen LogP contribution in [0.15, 0.2) is 66.9 Å². The number of rotatable bonds is 5. The highest BCUT2D eigenvalue weighted by Gasteiger charge is 2.14. The van der Waals surface area contributed by atoms with Crippen LogP contribution < -0.4 is 5.32 Å². The Morgan fingerprint density at radius 2 is 1.87 bits per heavy atom. The fourth-order valence-electron chi connectivity index (χ4n) is 2.25. The van der Waals surface area contributed by atoms with E-state index in [1.807, 2.05) is 60.7 Å². The first kappa shape index (κ1) is 15.2. The maximum absolute atomic E-state index is 12.2. The number of nitrogens with zero attached hydrogens (tertiary/aromatic N) is 1. The van der Waals surface area contributed by atoms with Crippen LogP contribution in [0, 0.1) is 0 Å². The average Bonchev–Trinajstić information content (AvgIpc) is 2.60. The molecule has 116 valence electrons. The van der Waals surface area contributed by atoms with Crippen LogP contribution in [0.25, 0.3) is 10.9 Å². The van der Waals surface area contributed by atoms with Crippen molar-refractivity contribution in [1.29, 1.82) is 0 Å². The molecule has 0 aliphatic heterocycles. The molecule has 0 aliphatic rings. The quantitative estimate of drug-likeness (QED) is 0.780. The van der Waals surface area contributed by atoms with Crippen molar-refractivity contribution in [2.75, 3.05) is 5.32 Å². The van der Waals surface area contributed by atoms with Crippen molar-refractivity contribution < 1.29 is 9.53 Å². The van der Waals surface area contributed by atoms with Crippen LogP contribution in [0.5, 0.6) is 0 Å². The van der Waals surface area contributed by atoms with E-state index in [-0.39, 0.29) is 5.91 Å². The normalized spacial score (nSPS) is 12.0. The van der Waals surface area contributed by atoms with E-state index in [0.717, 1.165) is 16.5 Å². The van der Waals surface area contributed by atoms with Crippen LogP contribution in [-0.2, 0) is 16.1 Å². The van der Waals surface area contributed by atoms with Gasteiger partial charge in [-0.3, -0.25) is 9.78 Å². The second kappa shape index (κ2) is 7.03. The minimum atomic E-state index is -0.540. The van der Waals surface area contributed by atoms with E-state index in [9.17, 15) is 4.79 Å². The Hall–Kier alpha value is -2.72. The van der Waals surface area contributed by atoms with Gasteiger partial charge in [0.05, 0.1) is 24.0 Å². The zero-order chi connectivity index (χ0) is 16.1. The lowest BCUT2D eigenvalue weighted by molar-refractivity contribution is -0.127. The molecule has 0 unspecified atom stereocenters. The summed E-state index contributed by atoms with van der Waals surface area (Å²) in [5.41, 5.74) is 2.61. The van der Waals surface area contributed by atoms with Crippen LogP contribution in [-0.4, -0.2) is 17.0 Å². The van der Waals surface area contributed by atoms with Crippen LogP contribution >= 0.6 is 0 Å². The van der Waals surface area contributed by atoms with Gasteiger partial charge in [-0.15, -0.1) is 0 Å². The number of aromatic nitrogens is 1. The first-order valence-electron chi connectivity index (χ1n) is 7.53. The highest BCUT2D eigenvalue weighted by Crippen LogP contribution is 2.16. The summed E-state index contributed by atoms with van der Waals surface area (Å²) in [4.78, 5) is 16.5. The van der Waals surface area contributed by atoms with Gasteiger partial charge in [0.2, 0.25) is 0 Å². The Labute approximate surface area is 135 Å². The van der Waals surface area contributed by atoms with Gasteiger partial charge in [0.1, 0.15) is 6.10 Å². The number of fused-ring (bicyclic) bond motifs is 1. The highest BCUT2D eigenvalue weighted by molar-refractivity contribution is 5.95. The zero-order valence-electron chi connectivity index (χ0n) is 12.9. The molecule has 3 aromatic rings. The van der Waals surface area contributed by atoms with Crippen molar-refractivity contribution in [1.82, 2.24) is 4.98 Å². The first-order valence-corrected chi connectivity index (χ1v) is 7.53. The molecule has 0 bridgehead atoms. The van der Waals surface area contributed by atoms with Crippen molar-refractivity contribution in [2.24, 2.45) is 0 Å². The Morgan fingerprint density at radius 3 is 2.70 bits per heavy atom. The van der Waals surface area contributed by atoms with E-state index in [1.54, 1.807) is 13.1 Å². The van der Waals surface area contributed by atoms with E-state index in [0.29, 0.717) is 12.3 Å². The molecule has 1 N–H and O–H groups in total. The largest absolute Gasteiger partial charge is 0.364 e. The highest BCUT2D eigenvalue weighted by atomic mass is 16.5. The average molecular weight is 306 g/mol. The van der Waals surface area contributed by atoms with Crippen molar-refractivity contribution >= 4 is 22.5 Å². The van der Waals surface area contributed by atoms with Gasteiger partial charge in [0, 0.05) is 5.39 Å². The van der Waals surface area contributed by atoms with Crippen LogP contribution in [0.2, 0.25) is 0 Å². The number of pyridine rings is 1. The molecule has 4 heteroatoms. The van der Waals surface area contributed by atoms with Gasteiger partial charge in [0.25, 0.3) is 5.91 Å². The Bertz CT molecular complexity index is 803. The van der Waals surface area contributed by atoms with Crippen LogP contribution in [0.4, 0.5) is 5.69 Å². The molecule has 3 rings (SSSR count). The van der Waals surface area contributed by atoms with Gasteiger partial charge in [0.15, 0.2) is 0 Å². The number of amides is 1. The van der Waals surface area contributed by atoms with E-state index in [2.05, 4.69) is 10.3 Å². The molecule has 23 heavy (non-hydrogen) atoms. The number of carbonyl (C=O) groups is 1. The Balaban J connectivity index is 1.60. The van der Waals surface area contributed by atoms with Gasteiger partial charge < -0.3 is 10.1 Å². The lowest BCUT2D eigenvalue weighted by Crippen LogP contribution is -2.27. The standard InChI is InChI=1S/C19H18N2O2/c1-14(23-13-15-7-3-2-4-8-15)19(22)21-17-11-16-9-5-6-10-18(16)20-12-17/h2-12,14H,13H2,1H3,(H,21,22)/t14-/m0/s1. The number of ether oxygens (including phenoxy) is 1. The molecule has 1 aromatic heterocycles. The summed E-state index contributed by atoms with van der Waals surface area (Å²) in [6.07, 6.45) is 1.12. The Kier molecular flexibility index (Phi) is 4.64. The molecule has 0 fully saturated rings. The van der Waals surface area contributed by atoms with Crippen molar-refractivity contribution in [2.45, 2.75) is 19.6 Å². The molecule has 4 nitrogen and oxygen atoms in total. The summed E-state index contributed by atoms with van der Waals surface area (Å²) in [6, 6.07) is 19.5. The van der Waals surface area contributed by atoms with Crippen LogP contribution in [0.1, 0.15) is 12.5 Å². The topological polar surface area (TPSA) is 51.2 Å². The smallest absolute Gasteiger partial charge is 0.253 e. The molecule has 1 atom stereocenters. The maximum Gasteiger partial charge on any atom is 0.253 e. The summed E-state index contributed by atoms with van der Waals surface area (Å²) in [6.45, 7) is 2.15. The zero-order valence-corrected chi connectivity index (χ0v) is 12.9. The lowest BCUT2D eigenvalue weighted by atomic mass is 10.2. The Morgan fingerprint density at radius 1 is 1.13 bits per heavy atom. The monoisotopic (exact) mass is 306 g/mol. The minimum Gasteiger partial charge on any atom is -0.364 e. The van der Waals surface area contributed by atoms with Gasteiger partial charge >= 0.3 is 0 Å². The number of anilines is 1. The third-order valence-electron chi connectivity index (χ3n) is 3.57. The summed E-state index contributed by atoms with van der Waals surface area (Å²) >= 11 is 0.